The number of rotatable bonds is 4. The molecule has 0 aromatic heterocycles. The highest BCUT2D eigenvalue weighted by Crippen LogP contribution is 2.24. The molecular formula is C8H14N2O. The van der Waals surface area contributed by atoms with E-state index >= 15 is 0 Å². The Balaban J connectivity index is 3.71. The highest BCUT2D eigenvalue weighted by atomic mass is 16.4. The normalized spacial score (nSPS) is 11.7. The Morgan fingerprint density at radius 3 is 2.73 bits per heavy atom. The Labute approximate surface area is 67.3 Å². The van der Waals surface area contributed by atoms with Gasteiger partial charge >= 0.3 is 0 Å². The van der Waals surface area contributed by atoms with E-state index in [1.54, 1.807) is 0 Å². The van der Waals surface area contributed by atoms with Gasteiger partial charge in [-0.1, -0.05) is 13.8 Å². The molecule has 0 saturated carbocycles. The third-order valence-corrected chi connectivity index (χ3v) is 1.64. The lowest BCUT2D eigenvalue weighted by Gasteiger charge is -2.19. The van der Waals surface area contributed by atoms with Crippen LogP contribution in [0.5, 0.6) is 0 Å². The summed E-state index contributed by atoms with van der Waals surface area (Å²) in [7, 11) is 0. The predicted molar refractivity (Wildman–Crippen MR) is 43.5 cm³/mol. The van der Waals surface area contributed by atoms with Gasteiger partial charge in [-0.3, -0.25) is 0 Å². The van der Waals surface area contributed by atoms with Gasteiger partial charge in [0, 0.05) is 12.6 Å². The van der Waals surface area contributed by atoms with E-state index in [4.69, 9.17) is 10.5 Å². The molecule has 0 aromatic carbocycles. The SMILES string of the molecule is CC(C)(CC=NO)CCC#N. The molecule has 3 nitrogen and oxygen atoms in total. The molecule has 0 amide bonds. The Hall–Kier alpha value is -1.04. The fourth-order valence-corrected chi connectivity index (χ4v) is 0.784. The van der Waals surface area contributed by atoms with Crippen LogP contribution >= 0.6 is 0 Å². The summed E-state index contributed by atoms with van der Waals surface area (Å²) in [6, 6.07) is 2.09. The molecule has 62 valence electrons. The maximum atomic E-state index is 8.32. The summed E-state index contributed by atoms with van der Waals surface area (Å²) in [4.78, 5) is 0. The van der Waals surface area contributed by atoms with Crippen LogP contribution in [0.1, 0.15) is 33.1 Å². The highest BCUT2D eigenvalue weighted by molar-refractivity contribution is 5.57. The fraction of sp³-hybridized carbons (Fsp3) is 0.750. The van der Waals surface area contributed by atoms with Crippen molar-refractivity contribution >= 4 is 6.21 Å². The molecule has 0 spiro atoms. The second-order valence-electron chi connectivity index (χ2n) is 3.32. The quantitative estimate of drug-likeness (QED) is 0.383. The summed E-state index contributed by atoms with van der Waals surface area (Å²) >= 11 is 0. The maximum Gasteiger partial charge on any atom is 0.0621 e. The minimum atomic E-state index is 0.0714. The van der Waals surface area contributed by atoms with Crippen molar-refractivity contribution in [3.8, 4) is 6.07 Å². The lowest BCUT2D eigenvalue weighted by molar-refractivity contribution is 0.310. The molecule has 0 unspecified atom stereocenters. The molecule has 0 aliphatic heterocycles. The van der Waals surface area contributed by atoms with Crippen LogP contribution in [0, 0.1) is 16.7 Å². The third-order valence-electron chi connectivity index (χ3n) is 1.64. The summed E-state index contributed by atoms with van der Waals surface area (Å²) in [5.41, 5.74) is 0.0714. The Morgan fingerprint density at radius 1 is 1.64 bits per heavy atom. The maximum absolute atomic E-state index is 8.32. The second kappa shape index (κ2) is 4.73. The Kier molecular flexibility index (Phi) is 4.28. The van der Waals surface area contributed by atoms with Crippen molar-refractivity contribution in [2.75, 3.05) is 0 Å². The molecule has 0 atom stereocenters. The smallest absolute Gasteiger partial charge is 0.0621 e. The molecule has 0 fully saturated rings. The van der Waals surface area contributed by atoms with Crippen LogP contribution in [-0.2, 0) is 0 Å². The highest BCUT2D eigenvalue weighted by Gasteiger charge is 2.15. The second-order valence-corrected chi connectivity index (χ2v) is 3.32. The molecule has 0 aromatic rings. The minimum absolute atomic E-state index is 0.0714. The van der Waals surface area contributed by atoms with Gasteiger partial charge in [-0.05, 0) is 18.3 Å². The first-order valence-electron chi connectivity index (χ1n) is 3.65. The van der Waals surface area contributed by atoms with Crippen LogP contribution < -0.4 is 0 Å². The van der Waals surface area contributed by atoms with Crippen molar-refractivity contribution in [3.05, 3.63) is 0 Å². The molecule has 0 rings (SSSR count). The zero-order valence-corrected chi connectivity index (χ0v) is 7.04. The van der Waals surface area contributed by atoms with Crippen molar-refractivity contribution in [1.82, 2.24) is 0 Å². The van der Waals surface area contributed by atoms with Crippen LogP contribution in [0.2, 0.25) is 0 Å². The molecule has 0 radical (unpaired) electrons. The third kappa shape index (κ3) is 5.41. The van der Waals surface area contributed by atoms with Crippen LogP contribution in [-0.4, -0.2) is 11.4 Å². The van der Waals surface area contributed by atoms with Gasteiger partial charge in [0.1, 0.15) is 0 Å². The van der Waals surface area contributed by atoms with E-state index in [0.29, 0.717) is 12.8 Å². The van der Waals surface area contributed by atoms with Crippen LogP contribution in [0.3, 0.4) is 0 Å². The van der Waals surface area contributed by atoms with Gasteiger partial charge < -0.3 is 5.21 Å². The van der Waals surface area contributed by atoms with Gasteiger partial charge in [0.25, 0.3) is 0 Å². The van der Waals surface area contributed by atoms with E-state index in [-0.39, 0.29) is 5.41 Å². The molecule has 0 heterocycles. The van der Waals surface area contributed by atoms with Crippen LogP contribution in [0.25, 0.3) is 0 Å². The molecule has 0 aliphatic rings. The van der Waals surface area contributed by atoms with Crippen LogP contribution in [0.4, 0.5) is 0 Å². The molecule has 1 N–H and O–H groups in total. The first-order chi connectivity index (χ1) is 5.12. The van der Waals surface area contributed by atoms with Crippen molar-refractivity contribution in [2.24, 2.45) is 10.6 Å². The van der Waals surface area contributed by atoms with E-state index in [9.17, 15) is 0 Å². The van der Waals surface area contributed by atoms with Gasteiger partial charge in [-0.2, -0.15) is 5.26 Å². The van der Waals surface area contributed by atoms with Gasteiger partial charge in [0.05, 0.1) is 6.07 Å². The summed E-state index contributed by atoms with van der Waals surface area (Å²) in [6.45, 7) is 4.10. The van der Waals surface area contributed by atoms with E-state index < -0.39 is 0 Å². The van der Waals surface area contributed by atoms with Gasteiger partial charge in [0.2, 0.25) is 0 Å². The molecule has 0 aliphatic carbocycles. The van der Waals surface area contributed by atoms with E-state index in [2.05, 4.69) is 11.2 Å². The minimum Gasteiger partial charge on any atom is -0.411 e. The van der Waals surface area contributed by atoms with Crippen molar-refractivity contribution in [2.45, 2.75) is 33.1 Å². The largest absolute Gasteiger partial charge is 0.411 e. The van der Waals surface area contributed by atoms with Crippen molar-refractivity contribution in [3.63, 3.8) is 0 Å². The zero-order valence-electron chi connectivity index (χ0n) is 7.04. The average Bonchev–Trinajstić information content (AvgIpc) is 1.97. The lowest BCUT2D eigenvalue weighted by atomic mass is 9.85. The fourth-order valence-electron chi connectivity index (χ4n) is 0.784. The van der Waals surface area contributed by atoms with E-state index in [1.165, 1.54) is 6.21 Å². The molecule has 3 heteroatoms. The summed E-state index contributed by atoms with van der Waals surface area (Å²) in [6.07, 6.45) is 3.59. The van der Waals surface area contributed by atoms with E-state index in [0.717, 1.165) is 6.42 Å². The monoisotopic (exact) mass is 154 g/mol. The van der Waals surface area contributed by atoms with Gasteiger partial charge in [-0.15, -0.1) is 5.16 Å². The Morgan fingerprint density at radius 2 is 2.27 bits per heavy atom. The number of nitrogens with zero attached hydrogens (tertiary/aromatic N) is 2. The first kappa shape index (κ1) is 9.96. The lowest BCUT2D eigenvalue weighted by Crippen LogP contribution is -2.11. The Bertz CT molecular complexity index is 167. The number of hydrogen-bond donors (Lipinski definition) is 1. The molecular weight excluding hydrogens is 140 g/mol. The van der Waals surface area contributed by atoms with Crippen molar-refractivity contribution < 1.29 is 5.21 Å². The van der Waals surface area contributed by atoms with Gasteiger partial charge in [-0.25, -0.2) is 0 Å². The van der Waals surface area contributed by atoms with Crippen molar-refractivity contribution in [1.29, 1.82) is 5.26 Å². The predicted octanol–water partition coefficient (Wildman–Crippen LogP) is 2.17. The molecule has 0 bridgehead atoms. The van der Waals surface area contributed by atoms with Gasteiger partial charge in [0.15, 0.2) is 0 Å². The molecule has 11 heavy (non-hydrogen) atoms. The summed E-state index contributed by atoms with van der Waals surface area (Å²) in [5.74, 6) is 0. The zero-order chi connectivity index (χ0) is 8.74. The van der Waals surface area contributed by atoms with Crippen LogP contribution in [0.15, 0.2) is 5.16 Å². The topological polar surface area (TPSA) is 56.4 Å². The number of hydrogen-bond acceptors (Lipinski definition) is 3. The summed E-state index contributed by atoms with van der Waals surface area (Å²) < 4.78 is 0. The standard InChI is InChI=1S/C8H14N2O/c1-8(2,4-3-6-9)5-7-10-11/h7,11H,3-5H2,1-2H3. The van der Waals surface area contributed by atoms with E-state index in [1.807, 2.05) is 13.8 Å². The summed E-state index contributed by atoms with van der Waals surface area (Å²) in [5, 5.41) is 19.4. The average molecular weight is 154 g/mol. The number of nitriles is 1. The number of oxime groups is 1. The molecule has 0 saturated heterocycles. The first-order valence-corrected chi connectivity index (χ1v) is 3.65.